The van der Waals surface area contributed by atoms with Crippen LogP contribution in [0.1, 0.15) is 140 Å². The quantitative estimate of drug-likeness (QED) is 0.175. The Morgan fingerprint density at radius 2 is 0.786 bits per heavy atom. The van der Waals surface area contributed by atoms with Gasteiger partial charge in [-0.1, -0.05) is 128 Å². The number of ether oxygens (including phenoxy) is 2. The van der Waals surface area contributed by atoms with E-state index in [0.29, 0.717) is 11.4 Å². The number of anilines is 4. The number of nitrogens with zero attached hydrogens (tertiary/aromatic N) is 4. The van der Waals surface area contributed by atoms with Crippen LogP contribution in [0.4, 0.5) is 31.4 Å². The van der Waals surface area contributed by atoms with Crippen LogP contribution >= 0.6 is 0 Å². The van der Waals surface area contributed by atoms with Gasteiger partial charge in [-0.15, -0.1) is 0 Å². The molecule has 2 atom stereocenters. The van der Waals surface area contributed by atoms with Gasteiger partial charge in [-0.05, 0) is 85.8 Å². The highest BCUT2D eigenvalue weighted by atomic mass is 19.1. The molecule has 10 heteroatoms. The van der Waals surface area contributed by atoms with Crippen LogP contribution in [0.3, 0.4) is 0 Å². The van der Waals surface area contributed by atoms with E-state index < -0.39 is 37.0 Å². The van der Waals surface area contributed by atoms with Gasteiger partial charge >= 0.3 is 14.5 Å². The zero-order valence-corrected chi connectivity index (χ0v) is 35.3. The van der Waals surface area contributed by atoms with Crippen LogP contribution in [0.2, 0.25) is 0 Å². The van der Waals surface area contributed by atoms with E-state index in [1.54, 1.807) is 0 Å². The molecule has 294 valence electrons. The topological polar surface area (TPSA) is 31.4 Å². The first-order valence-electron chi connectivity index (χ1n) is 20.6. The lowest BCUT2D eigenvalue weighted by molar-refractivity contribution is -0.263. The highest BCUT2D eigenvalue weighted by Crippen LogP contribution is 2.68. The fourth-order valence-corrected chi connectivity index (χ4v) is 10.3. The first-order valence-corrected chi connectivity index (χ1v) is 20.6. The van der Waals surface area contributed by atoms with Gasteiger partial charge < -0.3 is 19.1 Å². The molecule has 2 fully saturated rings. The molecule has 4 heterocycles. The van der Waals surface area contributed by atoms with Crippen LogP contribution in [0.5, 0.6) is 0 Å². The molecular weight excluding hydrogens is 700 g/mol. The molecule has 6 nitrogen and oxygen atoms in total. The van der Waals surface area contributed by atoms with Gasteiger partial charge in [-0.2, -0.15) is 0 Å². The van der Waals surface area contributed by atoms with E-state index in [4.69, 9.17) is 9.47 Å². The summed E-state index contributed by atoms with van der Waals surface area (Å²) in [7, 11) is -3.39. The number of benzene rings is 4. The van der Waals surface area contributed by atoms with E-state index in [-0.39, 0.29) is 36.9 Å². The Morgan fingerprint density at radius 1 is 0.482 bits per heavy atom. The highest BCUT2D eigenvalue weighted by Gasteiger charge is 2.80. The summed E-state index contributed by atoms with van der Waals surface area (Å²) in [4.78, 5) is 7.52. The molecule has 8 rings (SSSR count). The molecule has 0 saturated carbocycles. The lowest BCUT2D eigenvalue weighted by Gasteiger charge is -2.62. The van der Waals surface area contributed by atoms with Crippen LogP contribution < -0.4 is 9.62 Å². The van der Waals surface area contributed by atoms with Gasteiger partial charge in [0.15, 0.2) is 11.4 Å². The fourth-order valence-electron chi connectivity index (χ4n) is 10.3. The van der Waals surface area contributed by atoms with Crippen molar-refractivity contribution in [3.8, 4) is 0 Å². The number of hydrogen-bond acceptors (Lipinski definition) is 6. The molecule has 0 amide bonds. The summed E-state index contributed by atoms with van der Waals surface area (Å²) in [5, 5.41) is 0. The van der Waals surface area contributed by atoms with Crippen molar-refractivity contribution in [2.24, 2.45) is 0 Å². The second-order valence-electron chi connectivity index (χ2n) is 18.8. The molecule has 4 aliphatic heterocycles. The maximum absolute atomic E-state index is 18.9. The number of fused-ring (bicyclic) bond motifs is 7. The van der Waals surface area contributed by atoms with Gasteiger partial charge in [0.1, 0.15) is 0 Å². The molecule has 4 aromatic carbocycles. The maximum atomic E-state index is 18.9. The number of para-hydroxylation sites is 4. The second-order valence-corrected chi connectivity index (χ2v) is 18.8. The van der Waals surface area contributed by atoms with E-state index >= 15 is 8.63 Å². The zero-order chi connectivity index (χ0) is 40.3. The third kappa shape index (κ3) is 5.20. The Labute approximate surface area is 334 Å². The molecule has 0 aliphatic carbocycles. The Morgan fingerprint density at radius 3 is 1.09 bits per heavy atom. The zero-order valence-electron chi connectivity index (χ0n) is 35.3. The molecule has 0 radical (unpaired) electrons. The molecule has 0 N–H and O–H groups in total. The average molecular weight is 759 g/mol. The predicted octanol–water partition coefficient (Wildman–Crippen LogP) is 11.6. The lowest BCUT2D eigenvalue weighted by atomic mass is 9.66. The van der Waals surface area contributed by atoms with Crippen LogP contribution in [-0.4, -0.2) is 48.4 Å². The minimum Gasteiger partial charge on any atom is -0.350 e. The van der Waals surface area contributed by atoms with Gasteiger partial charge in [0.25, 0.3) is 0 Å². The third-order valence-corrected chi connectivity index (χ3v) is 12.8. The van der Waals surface area contributed by atoms with Crippen molar-refractivity contribution < 1.29 is 18.1 Å². The Bertz CT molecular complexity index is 1960. The number of hydrogen-bond donors (Lipinski definition) is 0. The summed E-state index contributed by atoms with van der Waals surface area (Å²) in [6, 6.07) is 28.7. The van der Waals surface area contributed by atoms with Crippen LogP contribution in [-0.2, 0) is 20.9 Å². The van der Waals surface area contributed by atoms with E-state index in [0.717, 1.165) is 44.8 Å². The third-order valence-electron chi connectivity index (χ3n) is 12.8. The summed E-state index contributed by atoms with van der Waals surface area (Å²) in [5.41, 5.74) is 4.04. The number of rotatable bonds is 7. The van der Waals surface area contributed by atoms with E-state index in [2.05, 4.69) is 91.8 Å². The van der Waals surface area contributed by atoms with Crippen molar-refractivity contribution in [3.63, 3.8) is 0 Å². The van der Waals surface area contributed by atoms with Gasteiger partial charge in [-0.25, -0.2) is 9.62 Å². The molecule has 4 aromatic rings. The van der Waals surface area contributed by atoms with Gasteiger partial charge in [0.05, 0.1) is 13.2 Å². The maximum Gasteiger partial charge on any atom is 0.561 e. The molecule has 56 heavy (non-hydrogen) atoms. The molecule has 2 saturated heterocycles. The van der Waals surface area contributed by atoms with Crippen molar-refractivity contribution in [2.45, 2.75) is 129 Å². The van der Waals surface area contributed by atoms with E-state index in [1.165, 1.54) is 0 Å². The van der Waals surface area contributed by atoms with Crippen LogP contribution in [0, 0.1) is 0 Å². The first kappa shape index (κ1) is 39.1. The predicted molar refractivity (Wildman–Crippen MR) is 227 cm³/mol. The minimum absolute atomic E-state index is 0.138. The molecule has 0 aromatic heterocycles. The normalized spacial score (nSPS) is 24.4. The van der Waals surface area contributed by atoms with Crippen LogP contribution in [0.15, 0.2) is 84.9 Å². The molecular formula is C46H58B2F2N4O2. The van der Waals surface area contributed by atoms with Crippen molar-refractivity contribution in [1.29, 1.82) is 0 Å². The van der Waals surface area contributed by atoms with Gasteiger partial charge in [-0.3, -0.25) is 8.63 Å². The second kappa shape index (κ2) is 13.4. The SMILES string of the molecule is CC(C)c1cccc(C(C)C)c1N1B(F)N2C(C)(C)CO[C@]2([C@@]23OCC(C)(C)N2B(F)N(c2c(C(C)C)cccc2C(C)C)c2ccccc23)c2ccccc21. The standard InChI is InChI=1S/C46H58B2F2N4O2/c1-29(2)33-19-17-20-34(30(3)4)41(33)51-39-25-15-13-23-37(39)45(53(47(51)49)43(9,10)27-55-45)46-38-24-14-16-26-40(38)52(48(50)54(46)44(11,12)28-56-46)42-35(31(5)6)21-18-22-36(42)32(7)8/h13-26,29-32H,27-28H2,1-12H3/t45-,46+. The summed E-state index contributed by atoms with van der Waals surface area (Å²) in [6.45, 7) is 25.9. The van der Waals surface area contributed by atoms with Crippen molar-refractivity contribution in [3.05, 3.63) is 118 Å². The van der Waals surface area contributed by atoms with Crippen LogP contribution in [0.25, 0.3) is 0 Å². The fraction of sp³-hybridized carbons (Fsp3) is 0.478. The summed E-state index contributed by atoms with van der Waals surface area (Å²) < 4.78 is 52.4. The molecule has 0 bridgehead atoms. The Hall–Kier alpha value is -3.69. The highest BCUT2D eigenvalue weighted by molar-refractivity contribution is 6.58. The van der Waals surface area contributed by atoms with Gasteiger partial charge in [0, 0.05) is 45.0 Å². The smallest absolute Gasteiger partial charge is 0.350 e. The summed E-state index contributed by atoms with van der Waals surface area (Å²) >= 11 is 0. The monoisotopic (exact) mass is 758 g/mol. The number of halogens is 2. The molecule has 0 unspecified atom stereocenters. The average Bonchev–Trinajstić information content (AvgIpc) is 3.62. The molecule has 0 spiro atoms. The van der Waals surface area contributed by atoms with Crippen molar-refractivity contribution in [1.82, 2.24) is 9.62 Å². The molecule has 4 aliphatic rings. The summed E-state index contributed by atoms with van der Waals surface area (Å²) in [6.07, 6.45) is 0. The Kier molecular flexibility index (Phi) is 9.39. The lowest BCUT2D eigenvalue weighted by Crippen LogP contribution is -2.78. The van der Waals surface area contributed by atoms with Crippen molar-refractivity contribution in [2.75, 3.05) is 22.8 Å². The van der Waals surface area contributed by atoms with Crippen molar-refractivity contribution >= 4 is 37.3 Å². The van der Waals surface area contributed by atoms with Gasteiger partial charge in [0.2, 0.25) is 0 Å². The first-order chi connectivity index (χ1) is 26.4. The largest absolute Gasteiger partial charge is 0.561 e. The Balaban J connectivity index is 1.48. The minimum atomic E-state index is -1.69. The summed E-state index contributed by atoms with van der Waals surface area (Å²) in [5.74, 6) is 0.550. The van der Waals surface area contributed by atoms with E-state index in [9.17, 15) is 0 Å². The van der Waals surface area contributed by atoms with E-state index in [1.807, 2.05) is 95.5 Å².